The number of nitrogen functional groups attached to an aromatic ring is 1. The number of piperidine rings is 2. The molecule has 36 heavy (non-hydrogen) atoms. The van der Waals surface area contributed by atoms with Crippen LogP contribution in [0.25, 0.3) is 22.3 Å². The number of likely N-dealkylation sites (tertiary alicyclic amines) is 1. The Balaban J connectivity index is 1.27. The number of rotatable bonds is 6. The number of nitrogens with one attached hydrogen (secondary N) is 1. The van der Waals surface area contributed by atoms with Crippen molar-refractivity contribution in [2.24, 2.45) is 0 Å². The summed E-state index contributed by atoms with van der Waals surface area (Å²) in [5, 5.41) is 8.87. The smallest absolute Gasteiger partial charge is 0.164 e. The molecule has 2 aromatic heterocycles. The van der Waals surface area contributed by atoms with E-state index in [4.69, 9.17) is 11.2 Å². The van der Waals surface area contributed by atoms with Crippen molar-refractivity contribution >= 4 is 16.9 Å². The van der Waals surface area contributed by atoms with Gasteiger partial charge < -0.3 is 15.8 Å². The highest BCUT2D eigenvalue weighted by molar-refractivity contribution is 5.98. The third-order valence-corrected chi connectivity index (χ3v) is 7.28. The Morgan fingerprint density at radius 1 is 1.00 bits per heavy atom. The maximum Gasteiger partial charge on any atom is 0.164 e. The van der Waals surface area contributed by atoms with Gasteiger partial charge in [-0.25, -0.2) is 19.0 Å². The largest absolute Gasteiger partial charge is 0.457 e. The topological polar surface area (TPSA) is 94.1 Å². The summed E-state index contributed by atoms with van der Waals surface area (Å²) < 4.78 is 30.2. The van der Waals surface area contributed by atoms with Gasteiger partial charge in [0.15, 0.2) is 7.06 Å². The quantitative estimate of drug-likeness (QED) is 0.420. The molecule has 0 bridgehead atoms. The van der Waals surface area contributed by atoms with Gasteiger partial charge in [-0.1, -0.05) is 18.2 Å². The van der Waals surface area contributed by atoms with E-state index < -0.39 is 6.17 Å². The summed E-state index contributed by atoms with van der Waals surface area (Å²) in [7, 11) is 0. The van der Waals surface area contributed by atoms with E-state index in [1.807, 2.05) is 59.3 Å². The van der Waals surface area contributed by atoms with Crippen LogP contribution in [0.1, 0.15) is 25.3 Å². The average Bonchev–Trinajstić information content (AvgIpc) is 3.34. The summed E-state index contributed by atoms with van der Waals surface area (Å²) in [5.41, 5.74) is 4.78. The third kappa shape index (κ3) is 4.40. The molecule has 2 aromatic carbocycles. The van der Waals surface area contributed by atoms with Crippen LogP contribution in [0.5, 0.6) is 11.5 Å². The van der Waals surface area contributed by atoms with Gasteiger partial charge in [0.2, 0.25) is 0 Å². The molecule has 4 aromatic rings. The van der Waals surface area contributed by atoms with E-state index in [1.165, 1.54) is 6.33 Å². The van der Waals surface area contributed by atoms with Gasteiger partial charge in [-0.3, -0.25) is 4.90 Å². The van der Waals surface area contributed by atoms with Crippen LogP contribution in [0, 0.1) is 0 Å². The summed E-state index contributed by atoms with van der Waals surface area (Å²) in [4.78, 5) is 11.1. The summed E-state index contributed by atoms with van der Waals surface area (Å²) in [6.07, 6.45) is 3.22. The zero-order chi connectivity index (χ0) is 25.2. The van der Waals surface area contributed by atoms with Gasteiger partial charge in [0, 0.05) is 31.2 Å². The molecular formula is C27H30FN7O. The fraction of sp³-hybridized carbons (Fsp3) is 0.370. The van der Waals surface area contributed by atoms with E-state index in [0.29, 0.717) is 18.0 Å². The average molecular weight is 489 g/mol. The van der Waals surface area contributed by atoms with Crippen molar-refractivity contribution in [2.45, 2.75) is 37.5 Å². The Hall–Kier alpha value is -3.56. The highest BCUT2D eigenvalue weighted by Gasteiger charge is 2.34. The minimum Gasteiger partial charge on any atom is -0.457 e. The molecule has 6 rings (SSSR count). The summed E-state index contributed by atoms with van der Waals surface area (Å²) in [6.45, 7) is 2.96. The number of para-hydroxylation sites is 1. The fourth-order valence-corrected chi connectivity index (χ4v) is 5.42. The predicted molar refractivity (Wildman–Crippen MR) is 138 cm³/mol. The van der Waals surface area contributed by atoms with Crippen LogP contribution in [0.2, 0.25) is 1.41 Å². The lowest BCUT2D eigenvalue weighted by Crippen LogP contribution is -2.53. The first-order valence-corrected chi connectivity index (χ1v) is 12.5. The molecule has 2 unspecified atom stereocenters. The second-order valence-electron chi connectivity index (χ2n) is 9.50. The van der Waals surface area contributed by atoms with E-state index in [0.717, 1.165) is 67.0 Å². The van der Waals surface area contributed by atoms with E-state index in [2.05, 4.69) is 25.9 Å². The lowest BCUT2D eigenvalue weighted by Gasteiger charge is -2.40. The second kappa shape index (κ2) is 9.83. The molecule has 9 heteroatoms. The molecule has 0 amide bonds. The van der Waals surface area contributed by atoms with Gasteiger partial charge in [-0.2, -0.15) is 5.10 Å². The lowest BCUT2D eigenvalue weighted by molar-refractivity contribution is 0.0564. The van der Waals surface area contributed by atoms with E-state index in [-0.39, 0.29) is 12.1 Å². The predicted octanol–water partition coefficient (Wildman–Crippen LogP) is 4.20. The molecule has 2 aliphatic heterocycles. The standard InChI is InChI=1S/C27H30FN7O/c28-22-16-30-13-10-23(22)34-14-11-19(12-15-34)35-27-24(26(29)31-17-32-27)25(33-35)18-6-8-21(9-7-18)36-20-4-2-1-3-5-20/h1-9,17,19,22-23,30H,10-16H2,(H2,29,31,32)/i/hD. The van der Waals surface area contributed by atoms with Crippen LogP contribution < -0.4 is 15.8 Å². The second-order valence-corrected chi connectivity index (χ2v) is 9.50. The van der Waals surface area contributed by atoms with Crippen LogP contribution in [-0.4, -0.2) is 63.0 Å². The number of alkyl halides is 1. The number of fused-ring (bicyclic) bond motifs is 1. The first-order valence-electron chi connectivity index (χ1n) is 13.0. The maximum atomic E-state index is 14.5. The van der Waals surface area contributed by atoms with Crippen LogP contribution in [0.15, 0.2) is 60.9 Å². The first kappa shape index (κ1) is 21.7. The number of anilines is 1. The highest BCUT2D eigenvalue weighted by Crippen LogP contribution is 2.35. The Kier molecular flexibility index (Phi) is 5.93. The summed E-state index contributed by atoms with van der Waals surface area (Å²) >= 11 is 0. The monoisotopic (exact) mass is 488 g/mol. The van der Waals surface area contributed by atoms with Crippen LogP contribution in [0.4, 0.5) is 10.2 Å². The van der Waals surface area contributed by atoms with E-state index in [9.17, 15) is 4.39 Å². The Morgan fingerprint density at radius 2 is 1.78 bits per heavy atom. The molecule has 8 nitrogen and oxygen atoms in total. The number of aromatic nitrogens is 4. The number of nitrogens with zero attached hydrogens (tertiary/aromatic N) is 5. The minimum absolute atomic E-state index is 0.00908. The van der Waals surface area contributed by atoms with Crippen molar-refractivity contribution in [3.05, 3.63) is 60.9 Å². The number of hydrogen-bond donors (Lipinski definition) is 2. The molecule has 4 heterocycles. The molecule has 2 fully saturated rings. The van der Waals surface area contributed by atoms with Crippen LogP contribution >= 0.6 is 0 Å². The Labute approximate surface area is 210 Å². The van der Waals surface area contributed by atoms with Crippen LogP contribution in [-0.2, 0) is 0 Å². The van der Waals surface area contributed by atoms with Gasteiger partial charge in [0.25, 0.3) is 0 Å². The molecule has 2 saturated heterocycles. The van der Waals surface area contributed by atoms with Crippen molar-refractivity contribution in [2.75, 3.05) is 31.9 Å². The maximum absolute atomic E-state index is 14.5. The molecule has 0 aliphatic carbocycles. The van der Waals surface area contributed by atoms with Crippen molar-refractivity contribution in [3.63, 3.8) is 0 Å². The van der Waals surface area contributed by atoms with Gasteiger partial charge in [-0.15, -0.1) is 0 Å². The van der Waals surface area contributed by atoms with Crippen molar-refractivity contribution in [3.8, 4) is 22.8 Å². The fourth-order valence-electron chi connectivity index (χ4n) is 5.42. The zero-order valence-electron chi connectivity index (χ0n) is 21.0. The van der Waals surface area contributed by atoms with Gasteiger partial charge in [0.1, 0.15) is 35.5 Å². The molecule has 3 N–H and O–H groups in total. The zero-order valence-corrected chi connectivity index (χ0v) is 20.0. The normalized spacial score (nSPS) is 21.9. The van der Waals surface area contributed by atoms with E-state index >= 15 is 0 Å². The molecule has 0 saturated carbocycles. The lowest BCUT2D eigenvalue weighted by atomic mass is 9.97. The Morgan fingerprint density at radius 3 is 2.53 bits per heavy atom. The number of halogens is 1. The highest BCUT2D eigenvalue weighted by atomic mass is 19.1. The molecule has 2 atom stereocenters. The van der Waals surface area contributed by atoms with Gasteiger partial charge in [-0.05, 0) is 62.2 Å². The Bertz CT molecular complexity index is 1340. The number of hydrogen-bond acceptors (Lipinski definition) is 7. The van der Waals surface area contributed by atoms with Crippen molar-refractivity contribution < 1.29 is 10.5 Å². The molecule has 186 valence electrons. The first-order chi connectivity index (χ1) is 18.2. The number of nitrogens with two attached hydrogens (primary N) is 1. The molecule has 0 spiro atoms. The number of benzene rings is 2. The number of ether oxygens (including phenoxy) is 1. The van der Waals surface area contributed by atoms with Crippen LogP contribution in [0.3, 0.4) is 0 Å². The molecular weight excluding hydrogens is 457 g/mol. The van der Waals surface area contributed by atoms with Crippen molar-refractivity contribution in [1.29, 1.82) is 0 Å². The van der Waals surface area contributed by atoms with E-state index in [1.54, 1.807) is 0 Å². The van der Waals surface area contributed by atoms with Crippen molar-refractivity contribution in [1.82, 2.24) is 30.0 Å². The molecule has 0 radical (unpaired) electrons. The molecule has 2 aliphatic rings. The summed E-state index contributed by atoms with van der Waals surface area (Å²) in [5.74, 6) is 1.92. The minimum atomic E-state index is -0.824. The summed E-state index contributed by atoms with van der Waals surface area (Å²) in [6, 6.07) is 17.5. The SMILES string of the molecule is [2H]Nc1ncnc2c1c(-c1ccc(Oc3ccccc3)cc1)nn2C1CCN(C2CCNCC2F)CC1. The third-order valence-electron chi connectivity index (χ3n) is 7.28. The van der Waals surface area contributed by atoms with Gasteiger partial charge >= 0.3 is 0 Å². The van der Waals surface area contributed by atoms with Gasteiger partial charge in [0.05, 0.1) is 11.4 Å².